The van der Waals surface area contributed by atoms with E-state index in [2.05, 4.69) is 53.2 Å². The lowest BCUT2D eigenvalue weighted by Crippen LogP contribution is -2.57. The zero-order chi connectivity index (χ0) is 32.9. The van der Waals surface area contributed by atoms with Gasteiger partial charge in [0.2, 0.25) is 11.8 Å². The van der Waals surface area contributed by atoms with Crippen LogP contribution >= 0.6 is 15.9 Å². The lowest BCUT2D eigenvalue weighted by atomic mass is 9.70. The predicted molar refractivity (Wildman–Crippen MR) is 175 cm³/mol. The van der Waals surface area contributed by atoms with Crippen molar-refractivity contribution in [1.82, 2.24) is 10.2 Å². The normalized spacial score (nSPS) is 27.1. The number of nitrogens with zero attached hydrogens (tertiary/aromatic N) is 3. The topological polar surface area (TPSA) is 129 Å². The molecule has 0 aromatic heterocycles. The van der Waals surface area contributed by atoms with Crippen molar-refractivity contribution in [2.75, 3.05) is 49.1 Å². The molecule has 3 heterocycles. The third-order valence-electron chi connectivity index (χ3n) is 8.98. The van der Waals surface area contributed by atoms with Gasteiger partial charge in [-0.3, -0.25) is 19.2 Å². The number of halogens is 1. The van der Waals surface area contributed by atoms with Gasteiger partial charge in [0.1, 0.15) is 17.7 Å². The fourth-order valence-corrected chi connectivity index (χ4v) is 7.90. The van der Waals surface area contributed by atoms with Gasteiger partial charge in [-0.05, 0) is 57.9 Å². The molecule has 0 aliphatic carbocycles. The Hall–Kier alpha value is -3.22. The third-order valence-corrected chi connectivity index (χ3v) is 9.83. The largest absolute Gasteiger partial charge is 0.460 e. The first-order valence-electron chi connectivity index (χ1n) is 15.7. The van der Waals surface area contributed by atoms with Crippen LogP contribution in [0.15, 0.2) is 49.6 Å². The van der Waals surface area contributed by atoms with Crippen molar-refractivity contribution >= 4 is 51.0 Å². The minimum Gasteiger partial charge on any atom is -0.460 e. The lowest BCUT2D eigenvalue weighted by molar-refractivity contribution is -0.159. The number of carbonyl (C=O) groups is 4. The van der Waals surface area contributed by atoms with Crippen LogP contribution in [0.5, 0.6) is 0 Å². The second kappa shape index (κ2) is 14.9. The first-order valence-corrected chi connectivity index (χ1v) is 16.6. The number of allylic oxidation sites excluding steroid dienone is 1. The summed E-state index contributed by atoms with van der Waals surface area (Å²) in [5.41, 5.74) is 0.363. The number of β-amino-alcohol motifs (C(OH)–C–C–N with tert-alkyl or cyclic N) is 1. The van der Waals surface area contributed by atoms with Gasteiger partial charge in [0, 0.05) is 48.8 Å². The van der Waals surface area contributed by atoms with Crippen LogP contribution in [-0.2, 0) is 28.7 Å². The summed E-state index contributed by atoms with van der Waals surface area (Å²) in [6.07, 6.45) is 3.08. The molecule has 11 nitrogen and oxygen atoms in total. The molecule has 246 valence electrons. The summed E-state index contributed by atoms with van der Waals surface area (Å²) in [4.78, 5) is 59.1. The monoisotopic (exact) mass is 688 g/mol. The number of amides is 3. The number of hydrogen-bond donors (Lipinski definition) is 2. The zero-order valence-electron chi connectivity index (χ0n) is 26.3. The molecule has 3 amide bonds. The Labute approximate surface area is 273 Å². The van der Waals surface area contributed by atoms with Crippen molar-refractivity contribution < 1.29 is 33.8 Å². The SMILES string of the molecule is C=CCCC(=O)NC[C@@H](C)OC(=O)[C@H]1[C@@H]2O[C@@]3(CC2Br)[C@@H]1C(=O)N(CCO)[C@@H]3C(=O)N(CC=C)c1ccc(N(CC)CC)cc1. The summed E-state index contributed by atoms with van der Waals surface area (Å²) in [5, 5.41) is 12.7. The summed E-state index contributed by atoms with van der Waals surface area (Å²) in [6.45, 7) is 14.8. The second-order valence-corrected chi connectivity index (χ2v) is 12.9. The van der Waals surface area contributed by atoms with Crippen molar-refractivity contribution in [3.8, 4) is 0 Å². The van der Waals surface area contributed by atoms with Crippen LogP contribution in [0.3, 0.4) is 0 Å². The summed E-state index contributed by atoms with van der Waals surface area (Å²) in [6, 6.07) is 6.58. The van der Waals surface area contributed by atoms with Crippen LogP contribution < -0.4 is 15.1 Å². The average Bonchev–Trinajstić information content (AvgIpc) is 3.62. The molecular formula is C33H45BrN4O7. The molecule has 0 radical (unpaired) electrons. The van der Waals surface area contributed by atoms with E-state index in [9.17, 15) is 24.3 Å². The van der Waals surface area contributed by atoms with E-state index in [4.69, 9.17) is 9.47 Å². The number of benzene rings is 1. The van der Waals surface area contributed by atoms with Gasteiger partial charge in [-0.1, -0.05) is 28.1 Å². The van der Waals surface area contributed by atoms with Crippen LogP contribution in [0.1, 0.15) is 40.0 Å². The molecule has 1 spiro atoms. The highest BCUT2D eigenvalue weighted by Crippen LogP contribution is 2.60. The summed E-state index contributed by atoms with van der Waals surface area (Å²) in [7, 11) is 0. The van der Waals surface area contributed by atoms with Crippen molar-refractivity contribution in [1.29, 1.82) is 0 Å². The Bertz CT molecular complexity index is 1270. The molecule has 1 aromatic carbocycles. The summed E-state index contributed by atoms with van der Waals surface area (Å²) < 4.78 is 12.3. The Morgan fingerprint density at radius 2 is 1.87 bits per heavy atom. The minimum absolute atomic E-state index is 0.0911. The van der Waals surface area contributed by atoms with Gasteiger partial charge in [0.25, 0.3) is 5.91 Å². The number of esters is 1. The molecule has 7 atom stereocenters. The van der Waals surface area contributed by atoms with Crippen molar-refractivity contribution in [3.63, 3.8) is 0 Å². The van der Waals surface area contributed by atoms with E-state index in [1.165, 1.54) is 4.90 Å². The van der Waals surface area contributed by atoms with E-state index in [0.29, 0.717) is 18.5 Å². The standard InChI is InChI=1S/C33H45BrN4O7/c1-6-10-11-25(40)35-20-21(5)44-32(43)26-27-30(41)38(17-18-39)29(33(27)19-24(34)28(26)45-33)31(42)37(16-7-2)23-14-12-22(13-15-23)36(8-3)9-4/h6-7,12-15,21,24,26-29,39H,1-2,8-11,16-20H2,3-5H3,(H,35,40)/t21-,24?,26-,27+,28-,29-,33+/m1/s1. The van der Waals surface area contributed by atoms with Crippen LogP contribution in [-0.4, -0.2) is 102 Å². The van der Waals surface area contributed by atoms with E-state index in [1.54, 1.807) is 24.0 Å². The molecular weight excluding hydrogens is 644 g/mol. The molecule has 12 heteroatoms. The van der Waals surface area contributed by atoms with E-state index in [1.807, 2.05) is 24.3 Å². The molecule has 45 heavy (non-hydrogen) atoms. The molecule has 3 fully saturated rings. The molecule has 2 bridgehead atoms. The fraction of sp³-hybridized carbons (Fsp3) is 0.576. The number of rotatable bonds is 16. The quantitative estimate of drug-likeness (QED) is 0.154. The van der Waals surface area contributed by atoms with Crippen LogP contribution in [0.4, 0.5) is 11.4 Å². The molecule has 3 aliphatic heterocycles. The number of ether oxygens (including phenoxy) is 2. The third kappa shape index (κ3) is 6.69. The van der Waals surface area contributed by atoms with Gasteiger partial charge >= 0.3 is 5.97 Å². The fourth-order valence-electron chi connectivity index (χ4n) is 6.96. The maximum atomic E-state index is 14.5. The number of hydrogen-bond acceptors (Lipinski definition) is 8. The zero-order valence-corrected chi connectivity index (χ0v) is 27.9. The highest BCUT2D eigenvalue weighted by atomic mass is 79.9. The summed E-state index contributed by atoms with van der Waals surface area (Å²) >= 11 is 3.66. The Morgan fingerprint density at radius 1 is 1.20 bits per heavy atom. The molecule has 4 rings (SSSR count). The number of anilines is 2. The maximum Gasteiger partial charge on any atom is 0.312 e. The van der Waals surface area contributed by atoms with Crippen LogP contribution in [0, 0.1) is 11.8 Å². The molecule has 1 unspecified atom stereocenters. The number of fused-ring (bicyclic) bond motifs is 1. The highest BCUT2D eigenvalue weighted by Gasteiger charge is 2.77. The first-order chi connectivity index (χ1) is 21.6. The smallest absolute Gasteiger partial charge is 0.312 e. The molecule has 3 saturated heterocycles. The number of alkyl halides is 1. The first kappa shape index (κ1) is 34.6. The van der Waals surface area contributed by atoms with Crippen LogP contribution in [0.2, 0.25) is 0 Å². The van der Waals surface area contributed by atoms with Crippen molar-refractivity contribution in [2.45, 2.75) is 68.7 Å². The van der Waals surface area contributed by atoms with Gasteiger partial charge < -0.3 is 34.6 Å². The highest BCUT2D eigenvalue weighted by molar-refractivity contribution is 9.09. The van der Waals surface area contributed by atoms with E-state index in [-0.39, 0.29) is 49.3 Å². The predicted octanol–water partition coefficient (Wildman–Crippen LogP) is 2.81. The number of aliphatic hydroxyl groups is 1. The minimum atomic E-state index is -1.30. The van der Waals surface area contributed by atoms with Crippen molar-refractivity contribution in [2.24, 2.45) is 11.8 Å². The Balaban J connectivity index is 1.61. The lowest BCUT2D eigenvalue weighted by Gasteiger charge is -2.37. The number of likely N-dealkylation sites (tertiary alicyclic amines) is 1. The van der Waals surface area contributed by atoms with E-state index < -0.39 is 47.6 Å². The van der Waals surface area contributed by atoms with Gasteiger partial charge in [0.05, 0.1) is 31.1 Å². The molecule has 2 N–H and O–H groups in total. The second-order valence-electron chi connectivity index (χ2n) is 11.7. The summed E-state index contributed by atoms with van der Waals surface area (Å²) in [5.74, 6) is -3.53. The average molecular weight is 690 g/mol. The van der Waals surface area contributed by atoms with Gasteiger partial charge in [-0.25, -0.2) is 0 Å². The maximum absolute atomic E-state index is 14.5. The van der Waals surface area contributed by atoms with Gasteiger partial charge in [0.15, 0.2) is 0 Å². The van der Waals surface area contributed by atoms with Crippen molar-refractivity contribution in [3.05, 3.63) is 49.6 Å². The van der Waals surface area contributed by atoms with Crippen LogP contribution in [0.25, 0.3) is 0 Å². The molecule has 0 saturated carbocycles. The Kier molecular flexibility index (Phi) is 11.5. The van der Waals surface area contributed by atoms with E-state index >= 15 is 0 Å². The Morgan fingerprint density at radius 3 is 2.47 bits per heavy atom. The molecule has 3 aliphatic rings. The van der Waals surface area contributed by atoms with Gasteiger partial charge in [-0.15, -0.1) is 13.2 Å². The molecule has 1 aromatic rings. The number of nitrogens with one attached hydrogen (secondary N) is 1. The van der Waals surface area contributed by atoms with E-state index in [0.717, 1.165) is 18.8 Å². The number of aliphatic hydroxyl groups excluding tert-OH is 1. The van der Waals surface area contributed by atoms with Gasteiger partial charge in [-0.2, -0.15) is 0 Å². The number of carbonyl (C=O) groups excluding carboxylic acids is 4.